The first-order chi connectivity index (χ1) is 22.0. The average molecular weight is 678 g/mol. The van der Waals surface area contributed by atoms with E-state index in [1.165, 1.54) is 18.3 Å². The van der Waals surface area contributed by atoms with Crippen LogP contribution in [0.25, 0.3) is 10.9 Å². The molecule has 3 aromatic carbocycles. The number of halogens is 4. The number of piperidine rings is 1. The van der Waals surface area contributed by atoms with Crippen molar-refractivity contribution in [1.29, 1.82) is 5.26 Å². The molecule has 1 aliphatic rings. The van der Waals surface area contributed by atoms with Gasteiger partial charge in [-0.05, 0) is 81.6 Å². The highest BCUT2D eigenvalue weighted by Crippen LogP contribution is 2.37. The Bertz CT molecular complexity index is 1920. The molecule has 2 N–H and O–H groups in total. The SMILES string of the molecule is CC(C)(C)N1CCC(n2cc([C@@H](Nc3cc(Cl)c4ncc(C#N)c(Nc5ccc(F)c(Cl)c5)c4c3)c3ccc(Cl)cc3)nn2)CC1. The molecule has 236 valence electrons. The third-order valence-corrected chi connectivity index (χ3v) is 9.19. The number of pyridine rings is 1. The lowest BCUT2D eigenvalue weighted by atomic mass is 9.98. The third kappa shape index (κ3) is 6.76. The van der Waals surface area contributed by atoms with Crippen LogP contribution >= 0.6 is 34.8 Å². The molecule has 3 heterocycles. The maximum absolute atomic E-state index is 13.9. The van der Waals surface area contributed by atoms with Crippen molar-refractivity contribution in [3.8, 4) is 6.07 Å². The van der Waals surface area contributed by atoms with Crippen molar-refractivity contribution in [3.05, 3.63) is 105 Å². The number of hydrogen-bond donors (Lipinski definition) is 2. The number of anilines is 3. The van der Waals surface area contributed by atoms with E-state index in [2.05, 4.69) is 57.7 Å². The molecule has 46 heavy (non-hydrogen) atoms. The number of aromatic nitrogens is 4. The first-order valence-electron chi connectivity index (χ1n) is 14.9. The topological polar surface area (TPSA) is 94.7 Å². The van der Waals surface area contributed by atoms with Crippen LogP contribution in [0.1, 0.15) is 62.5 Å². The summed E-state index contributed by atoms with van der Waals surface area (Å²) in [5.41, 5.74) is 4.23. The van der Waals surface area contributed by atoms with Gasteiger partial charge in [0.2, 0.25) is 0 Å². The van der Waals surface area contributed by atoms with E-state index in [1.807, 2.05) is 41.2 Å². The molecule has 0 saturated carbocycles. The van der Waals surface area contributed by atoms with E-state index in [4.69, 9.17) is 34.8 Å². The van der Waals surface area contributed by atoms with Gasteiger partial charge in [0, 0.05) is 46.6 Å². The second-order valence-corrected chi connectivity index (χ2v) is 13.7. The molecule has 6 rings (SSSR count). The smallest absolute Gasteiger partial charge is 0.141 e. The molecule has 1 aliphatic heterocycles. The van der Waals surface area contributed by atoms with Gasteiger partial charge in [0.05, 0.1) is 45.1 Å². The fourth-order valence-corrected chi connectivity index (χ4v) is 6.41. The predicted molar refractivity (Wildman–Crippen MR) is 183 cm³/mol. The second-order valence-electron chi connectivity index (χ2n) is 12.4. The second kappa shape index (κ2) is 13.0. The predicted octanol–water partition coefficient (Wildman–Crippen LogP) is 9.18. The monoisotopic (exact) mass is 676 g/mol. The van der Waals surface area contributed by atoms with E-state index >= 15 is 0 Å². The maximum atomic E-state index is 13.9. The highest BCUT2D eigenvalue weighted by atomic mass is 35.5. The molecule has 0 bridgehead atoms. The van der Waals surface area contributed by atoms with Crippen LogP contribution in [0.2, 0.25) is 15.1 Å². The van der Waals surface area contributed by atoms with E-state index in [0.717, 1.165) is 37.2 Å². The van der Waals surface area contributed by atoms with Gasteiger partial charge in [-0.3, -0.25) is 9.88 Å². The van der Waals surface area contributed by atoms with E-state index in [0.29, 0.717) is 38.0 Å². The van der Waals surface area contributed by atoms with Gasteiger partial charge in [-0.2, -0.15) is 5.26 Å². The summed E-state index contributed by atoms with van der Waals surface area (Å²) in [6, 6.07) is 17.5. The molecule has 0 unspecified atom stereocenters. The fraction of sp³-hybridized carbons (Fsp3) is 0.294. The highest BCUT2D eigenvalue weighted by Gasteiger charge is 2.29. The molecule has 0 aliphatic carbocycles. The summed E-state index contributed by atoms with van der Waals surface area (Å²) >= 11 is 19.1. The number of nitrogens with zero attached hydrogens (tertiary/aromatic N) is 6. The quantitative estimate of drug-likeness (QED) is 0.177. The Morgan fingerprint density at radius 2 is 1.70 bits per heavy atom. The van der Waals surface area contributed by atoms with Crippen molar-refractivity contribution >= 4 is 62.8 Å². The lowest BCUT2D eigenvalue weighted by Crippen LogP contribution is -2.46. The number of nitrogens with one attached hydrogen (secondary N) is 2. The summed E-state index contributed by atoms with van der Waals surface area (Å²) in [6.07, 6.45) is 5.44. The lowest BCUT2D eigenvalue weighted by molar-refractivity contribution is 0.0866. The first kappa shape index (κ1) is 32.0. The molecular weight excluding hydrogens is 646 g/mol. The average Bonchev–Trinajstić information content (AvgIpc) is 3.52. The van der Waals surface area contributed by atoms with Gasteiger partial charge < -0.3 is 10.6 Å². The Labute approximate surface area is 282 Å². The molecule has 0 amide bonds. The number of fused-ring (bicyclic) bond motifs is 1. The summed E-state index contributed by atoms with van der Waals surface area (Å²) in [4.78, 5) is 6.96. The Hall–Kier alpha value is -3.94. The largest absolute Gasteiger partial charge is 0.373 e. The van der Waals surface area contributed by atoms with Crippen LogP contribution in [-0.2, 0) is 0 Å². The molecule has 0 radical (unpaired) electrons. The Balaban J connectivity index is 1.36. The van der Waals surface area contributed by atoms with Crippen molar-refractivity contribution in [3.63, 3.8) is 0 Å². The minimum atomic E-state index is -0.539. The zero-order valence-electron chi connectivity index (χ0n) is 25.5. The number of hydrogen-bond acceptors (Lipinski definition) is 7. The summed E-state index contributed by atoms with van der Waals surface area (Å²) < 4.78 is 15.8. The molecule has 2 aromatic heterocycles. The zero-order valence-corrected chi connectivity index (χ0v) is 27.8. The Morgan fingerprint density at radius 3 is 2.37 bits per heavy atom. The molecule has 1 fully saturated rings. The van der Waals surface area contributed by atoms with Crippen molar-refractivity contribution < 1.29 is 4.39 Å². The summed E-state index contributed by atoms with van der Waals surface area (Å²) in [7, 11) is 0. The fourth-order valence-electron chi connectivity index (χ4n) is 5.83. The molecular formula is C34H32Cl3FN8. The molecule has 12 heteroatoms. The zero-order chi connectivity index (χ0) is 32.6. The van der Waals surface area contributed by atoms with E-state index in [9.17, 15) is 9.65 Å². The van der Waals surface area contributed by atoms with Crippen LogP contribution < -0.4 is 10.6 Å². The Kier molecular flexibility index (Phi) is 9.08. The van der Waals surface area contributed by atoms with Crippen LogP contribution in [-0.4, -0.2) is 43.5 Å². The van der Waals surface area contributed by atoms with Crippen molar-refractivity contribution in [2.24, 2.45) is 0 Å². The third-order valence-electron chi connectivity index (χ3n) is 8.36. The minimum Gasteiger partial charge on any atom is -0.373 e. The van der Waals surface area contributed by atoms with Crippen LogP contribution in [0.15, 0.2) is 67.0 Å². The van der Waals surface area contributed by atoms with E-state index < -0.39 is 11.9 Å². The summed E-state index contributed by atoms with van der Waals surface area (Å²) in [6.45, 7) is 8.73. The lowest BCUT2D eigenvalue weighted by Gasteiger charge is -2.40. The number of rotatable bonds is 7. The highest BCUT2D eigenvalue weighted by molar-refractivity contribution is 6.36. The summed E-state index contributed by atoms with van der Waals surface area (Å²) in [5, 5.41) is 27.5. The maximum Gasteiger partial charge on any atom is 0.141 e. The molecule has 1 saturated heterocycles. The number of benzene rings is 3. The van der Waals surface area contributed by atoms with Gasteiger partial charge in [-0.1, -0.05) is 52.1 Å². The van der Waals surface area contributed by atoms with Gasteiger partial charge in [0.25, 0.3) is 0 Å². The first-order valence-corrected chi connectivity index (χ1v) is 16.1. The number of likely N-dealkylation sites (tertiary alicyclic amines) is 1. The van der Waals surface area contributed by atoms with E-state index in [1.54, 1.807) is 12.1 Å². The van der Waals surface area contributed by atoms with Gasteiger partial charge in [-0.15, -0.1) is 5.10 Å². The van der Waals surface area contributed by atoms with Crippen molar-refractivity contribution in [1.82, 2.24) is 24.9 Å². The van der Waals surface area contributed by atoms with Gasteiger partial charge in [0.1, 0.15) is 17.6 Å². The molecule has 5 aromatic rings. The van der Waals surface area contributed by atoms with Gasteiger partial charge >= 0.3 is 0 Å². The van der Waals surface area contributed by atoms with Crippen LogP contribution in [0.4, 0.5) is 21.5 Å². The Morgan fingerprint density at radius 1 is 0.978 bits per heavy atom. The normalized spacial score (nSPS) is 15.1. The standard InChI is InChI=1S/C34H32Cl3FN8/c1-34(2,3)45-12-10-25(11-13-45)46-19-30(43-44-46)32(20-4-6-22(35)7-5-20)42-24-14-26-31(41-23-8-9-29(38)27(36)15-23)21(17-39)18-40-33(26)28(37)16-24/h4-9,14-16,18-19,25,32,42H,10-13H2,1-3H3,(H,40,41)/t32-/m0/s1. The summed E-state index contributed by atoms with van der Waals surface area (Å²) in [5.74, 6) is -0.539. The van der Waals surface area contributed by atoms with Crippen molar-refractivity contribution in [2.45, 2.75) is 51.2 Å². The molecule has 8 nitrogen and oxygen atoms in total. The van der Waals surface area contributed by atoms with Crippen LogP contribution in [0.3, 0.4) is 0 Å². The number of nitriles is 1. The van der Waals surface area contributed by atoms with Gasteiger partial charge in [-0.25, -0.2) is 9.07 Å². The minimum absolute atomic E-state index is 0.0409. The van der Waals surface area contributed by atoms with Gasteiger partial charge in [0.15, 0.2) is 0 Å². The van der Waals surface area contributed by atoms with Crippen LogP contribution in [0.5, 0.6) is 0 Å². The van der Waals surface area contributed by atoms with E-state index in [-0.39, 0.29) is 22.2 Å². The molecule has 1 atom stereocenters. The molecule has 0 spiro atoms. The van der Waals surface area contributed by atoms with Crippen molar-refractivity contribution in [2.75, 3.05) is 23.7 Å². The van der Waals surface area contributed by atoms with Crippen LogP contribution in [0, 0.1) is 17.1 Å².